The number of ether oxygens (including phenoxy) is 1. The lowest BCUT2D eigenvalue weighted by Gasteiger charge is -2.28. The van der Waals surface area contributed by atoms with E-state index in [9.17, 15) is 14.9 Å². The first-order valence-electron chi connectivity index (χ1n) is 6.83. The Kier molecular flexibility index (Phi) is 4.87. The van der Waals surface area contributed by atoms with Gasteiger partial charge < -0.3 is 15.4 Å². The maximum Gasteiger partial charge on any atom is 0.269 e. The summed E-state index contributed by atoms with van der Waals surface area (Å²) in [6, 6.07) is 5.57. The molecule has 0 aliphatic carbocycles. The first-order valence-corrected chi connectivity index (χ1v) is 6.83. The maximum absolute atomic E-state index is 12.1. The van der Waals surface area contributed by atoms with Crippen LogP contribution in [0, 0.1) is 10.1 Å². The van der Waals surface area contributed by atoms with Gasteiger partial charge in [-0.05, 0) is 31.5 Å². The lowest BCUT2D eigenvalue weighted by atomic mass is 9.98. The van der Waals surface area contributed by atoms with Crippen molar-refractivity contribution in [1.29, 1.82) is 0 Å². The summed E-state index contributed by atoms with van der Waals surface area (Å²) in [4.78, 5) is 22.2. The summed E-state index contributed by atoms with van der Waals surface area (Å²) >= 11 is 0. The van der Waals surface area contributed by atoms with Crippen LogP contribution in [-0.2, 0) is 4.74 Å². The number of nitrogens with zero attached hydrogens (tertiary/aromatic N) is 1. The van der Waals surface area contributed by atoms with Gasteiger partial charge in [0.25, 0.3) is 11.6 Å². The average molecular weight is 293 g/mol. The van der Waals surface area contributed by atoms with Crippen LogP contribution in [0.4, 0.5) is 5.69 Å². The quantitative estimate of drug-likeness (QED) is 0.605. The van der Waals surface area contributed by atoms with Gasteiger partial charge in [-0.1, -0.05) is 0 Å². The monoisotopic (exact) mass is 293 g/mol. The predicted octanol–water partition coefficient (Wildman–Crippen LogP) is 1.09. The molecule has 114 valence electrons. The summed E-state index contributed by atoms with van der Waals surface area (Å²) in [6.45, 7) is 1.92. The molecule has 2 N–H and O–H groups in total. The van der Waals surface area contributed by atoms with Gasteiger partial charge in [0.05, 0.1) is 17.1 Å². The third-order valence-corrected chi connectivity index (χ3v) is 3.68. The highest BCUT2D eigenvalue weighted by atomic mass is 16.6. The summed E-state index contributed by atoms with van der Waals surface area (Å²) in [5.41, 5.74) is 0.164. The predicted molar refractivity (Wildman–Crippen MR) is 77.3 cm³/mol. The van der Waals surface area contributed by atoms with Crippen molar-refractivity contribution in [2.24, 2.45) is 0 Å². The van der Waals surface area contributed by atoms with Crippen molar-refractivity contribution in [1.82, 2.24) is 10.6 Å². The molecule has 1 atom stereocenters. The summed E-state index contributed by atoms with van der Waals surface area (Å²) in [7, 11) is 1.64. The second kappa shape index (κ2) is 6.64. The number of carbonyl (C=O) groups is 1. The normalized spacial score (nSPS) is 21.2. The maximum atomic E-state index is 12.1. The van der Waals surface area contributed by atoms with Crippen LogP contribution in [0.25, 0.3) is 0 Å². The third-order valence-electron chi connectivity index (χ3n) is 3.68. The average Bonchev–Trinajstić information content (AvgIpc) is 2.94. The molecule has 21 heavy (non-hydrogen) atoms. The van der Waals surface area contributed by atoms with E-state index in [1.54, 1.807) is 7.11 Å². The Morgan fingerprint density at radius 1 is 1.48 bits per heavy atom. The number of amides is 1. The van der Waals surface area contributed by atoms with Gasteiger partial charge in [-0.25, -0.2) is 0 Å². The number of hydrogen-bond acceptors (Lipinski definition) is 5. The van der Waals surface area contributed by atoms with Gasteiger partial charge in [0, 0.05) is 31.4 Å². The Labute approximate surface area is 122 Å². The zero-order chi connectivity index (χ0) is 15.3. The van der Waals surface area contributed by atoms with Crippen molar-refractivity contribution in [3.05, 3.63) is 39.9 Å². The van der Waals surface area contributed by atoms with Crippen LogP contribution >= 0.6 is 0 Å². The number of nitro benzene ring substituents is 1. The fourth-order valence-corrected chi connectivity index (χ4v) is 2.56. The van der Waals surface area contributed by atoms with E-state index in [0.29, 0.717) is 18.7 Å². The molecule has 1 fully saturated rings. The number of nitrogens with one attached hydrogen (secondary N) is 2. The minimum atomic E-state index is -0.488. The van der Waals surface area contributed by atoms with Gasteiger partial charge in [0.2, 0.25) is 0 Å². The molecule has 1 aromatic rings. The topological polar surface area (TPSA) is 93.5 Å². The molecule has 1 aliphatic heterocycles. The molecule has 0 radical (unpaired) electrons. The SMILES string of the molecule is COCC1(CNC(=O)c2ccc([N+](=O)[O-])cc2)CCCN1. The van der Waals surface area contributed by atoms with Gasteiger partial charge in [0.1, 0.15) is 0 Å². The lowest BCUT2D eigenvalue weighted by Crippen LogP contribution is -2.52. The first kappa shape index (κ1) is 15.4. The molecular weight excluding hydrogens is 274 g/mol. The molecule has 0 spiro atoms. The number of rotatable bonds is 6. The van der Waals surface area contributed by atoms with Crippen molar-refractivity contribution < 1.29 is 14.5 Å². The van der Waals surface area contributed by atoms with Gasteiger partial charge in [-0.15, -0.1) is 0 Å². The van der Waals surface area contributed by atoms with Crippen LogP contribution in [0.3, 0.4) is 0 Å². The van der Waals surface area contributed by atoms with E-state index in [-0.39, 0.29) is 17.1 Å². The first-order chi connectivity index (χ1) is 10.1. The molecule has 1 amide bonds. The fourth-order valence-electron chi connectivity index (χ4n) is 2.56. The lowest BCUT2D eigenvalue weighted by molar-refractivity contribution is -0.384. The minimum absolute atomic E-state index is 0.0279. The standard InChI is InChI=1S/C14H19N3O4/c1-21-10-14(7-2-8-16-14)9-15-13(18)11-3-5-12(6-4-11)17(19)20/h3-6,16H,2,7-10H2,1H3,(H,15,18). The Bertz CT molecular complexity index is 509. The van der Waals surface area contributed by atoms with Gasteiger partial charge in [-0.2, -0.15) is 0 Å². The highest BCUT2D eigenvalue weighted by molar-refractivity contribution is 5.94. The molecule has 2 rings (SSSR count). The van der Waals surface area contributed by atoms with Gasteiger partial charge in [-0.3, -0.25) is 14.9 Å². The van der Waals surface area contributed by atoms with Gasteiger partial charge >= 0.3 is 0 Å². The van der Waals surface area contributed by atoms with Crippen LogP contribution in [0.15, 0.2) is 24.3 Å². The van der Waals surface area contributed by atoms with Crippen LogP contribution in [0.2, 0.25) is 0 Å². The van der Waals surface area contributed by atoms with Crippen LogP contribution < -0.4 is 10.6 Å². The molecule has 0 saturated carbocycles. The smallest absolute Gasteiger partial charge is 0.269 e. The van der Waals surface area contributed by atoms with Crippen LogP contribution in [0.5, 0.6) is 0 Å². The molecule has 1 unspecified atom stereocenters. The molecule has 1 saturated heterocycles. The van der Waals surface area contributed by atoms with Crippen molar-refractivity contribution in [3.63, 3.8) is 0 Å². The molecular formula is C14H19N3O4. The highest BCUT2D eigenvalue weighted by Crippen LogP contribution is 2.19. The Hall–Kier alpha value is -1.99. The highest BCUT2D eigenvalue weighted by Gasteiger charge is 2.33. The summed E-state index contributed by atoms with van der Waals surface area (Å²) < 4.78 is 5.22. The minimum Gasteiger partial charge on any atom is -0.383 e. The van der Waals surface area contributed by atoms with E-state index in [1.165, 1.54) is 24.3 Å². The number of non-ortho nitro benzene ring substituents is 1. The number of carbonyl (C=O) groups excluding carboxylic acids is 1. The molecule has 1 heterocycles. The van der Waals surface area contributed by atoms with Crippen molar-refractivity contribution in [2.75, 3.05) is 26.8 Å². The number of nitro groups is 1. The Morgan fingerprint density at radius 3 is 2.71 bits per heavy atom. The zero-order valence-corrected chi connectivity index (χ0v) is 11.9. The zero-order valence-electron chi connectivity index (χ0n) is 11.9. The van der Waals surface area contributed by atoms with E-state index >= 15 is 0 Å². The second-order valence-electron chi connectivity index (χ2n) is 5.23. The largest absolute Gasteiger partial charge is 0.383 e. The summed E-state index contributed by atoms with van der Waals surface area (Å²) in [6.07, 6.45) is 2.00. The molecule has 0 bridgehead atoms. The van der Waals surface area contributed by atoms with Crippen LogP contribution in [0.1, 0.15) is 23.2 Å². The van der Waals surface area contributed by atoms with Crippen LogP contribution in [-0.4, -0.2) is 43.2 Å². The Balaban J connectivity index is 1.96. The number of hydrogen-bond donors (Lipinski definition) is 2. The van der Waals surface area contributed by atoms with Crippen molar-refractivity contribution in [2.45, 2.75) is 18.4 Å². The fraction of sp³-hybridized carbons (Fsp3) is 0.500. The number of benzene rings is 1. The molecule has 1 aliphatic rings. The van der Waals surface area contributed by atoms with E-state index in [4.69, 9.17) is 4.74 Å². The van der Waals surface area contributed by atoms with E-state index in [2.05, 4.69) is 10.6 Å². The molecule has 1 aromatic carbocycles. The molecule has 7 heteroatoms. The molecule has 0 aromatic heterocycles. The van der Waals surface area contributed by atoms with Gasteiger partial charge in [0.15, 0.2) is 0 Å². The number of methoxy groups -OCH3 is 1. The summed E-state index contributed by atoms with van der Waals surface area (Å²) in [5, 5.41) is 16.8. The molecule has 7 nitrogen and oxygen atoms in total. The van der Waals surface area contributed by atoms with Crippen molar-refractivity contribution in [3.8, 4) is 0 Å². The summed E-state index contributed by atoms with van der Waals surface area (Å²) in [5.74, 6) is -0.242. The third kappa shape index (κ3) is 3.77. The van der Waals surface area contributed by atoms with E-state index < -0.39 is 4.92 Å². The van der Waals surface area contributed by atoms with Crippen molar-refractivity contribution >= 4 is 11.6 Å². The van der Waals surface area contributed by atoms with E-state index in [0.717, 1.165) is 19.4 Å². The van der Waals surface area contributed by atoms with E-state index in [1.807, 2.05) is 0 Å². The second-order valence-corrected chi connectivity index (χ2v) is 5.23. The Morgan fingerprint density at radius 2 is 2.19 bits per heavy atom.